The largest absolute Gasteiger partial charge is 0.493 e. The van der Waals surface area contributed by atoms with Crippen LogP contribution in [0.3, 0.4) is 0 Å². The third kappa shape index (κ3) is 3.52. The Balaban J connectivity index is 1.99. The van der Waals surface area contributed by atoms with E-state index in [2.05, 4.69) is 0 Å². The van der Waals surface area contributed by atoms with Gasteiger partial charge >= 0.3 is 5.69 Å². The van der Waals surface area contributed by atoms with E-state index in [0.717, 1.165) is 12.8 Å². The maximum atomic E-state index is 13.2. The van der Waals surface area contributed by atoms with Crippen molar-refractivity contribution in [3.05, 3.63) is 21.7 Å². The van der Waals surface area contributed by atoms with E-state index < -0.39 is 4.92 Å². The summed E-state index contributed by atoms with van der Waals surface area (Å²) in [6, 6.07) is 1.38. The maximum absolute atomic E-state index is 13.2. The number of nitrogens with zero attached hydrogens (tertiary/aromatic N) is 2. The Labute approximate surface area is 158 Å². The van der Waals surface area contributed by atoms with Crippen molar-refractivity contribution in [3.63, 3.8) is 0 Å². The molecule has 0 aromatic heterocycles. The van der Waals surface area contributed by atoms with E-state index in [-0.39, 0.29) is 34.4 Å². The number of nitro groups is 1. The van der Waals surface area contributed by atoms with Crippen LogP contribution < -0.4 is 14.2 Å². The highest BCUT2D eigenvalue weighted by Gasteiger charge is 2.38. The van der Waals surface area contributed by atoms with Gasteiger partial charge < -0.3 is 19.1 Å². The lowest BCUT2D eigenvalue weighted by Crippen LogP contribution is -2.44. The van der Waals surface area contributed by atoms with Gasteiger partial charge in [-0.15, -0.1) is 0 Å². The van der Waals surface area contributed by atoms with Crippen molar-refractivity contribution in [3.8, 4) is 17.2 Å². The smallest absolute Gasteiger partial charge is 0.327 e. The minimum Gasteiger partial charge on any atom is -0.493 e. The molecule has 3 rings (SSSR count). The number of carbonyl (C=O) groups is 1. The molecule has 1 aromatic rings. The van der Waals surface area contributed by atoms with Crippen molar-refractivity contribution < 1.29 is 23.9 Å². The van der Waals surface area contributed by atoms with Gasteiger partial charge in [-0.25, -0.2) is 0 Å². The number of amides is 1. The number of fused-ring (bicyclic) bond motifs is 1. The topological polar surface area (TPSA) is 91.1 Å². The Bertz CT molecular complexity index is 735. The summed E-state index contributed by atoms with van der Waals surface area (Å²) in [7, 11) is 4.11. The molecule has 8 nitrogen and oxygen atoms in total. The van der Waals surface area contributed by atoms with Gasteiger partial charge in [0.05, 0.1) is 26.3 Å². The summed E-state index contributed by atoms with van der Waals surface area (Å²) in [5.41, 5.74) is -0.408. The van der Waals surface area contributed by atoms with Crippen LogP contribution in [0.5, 0.6) is 17.2 Å². The second kappa shape index (κ2) is 8.02. The molecule has 1 amide bonds. The van der Waals surface area contributed by atoms with E-state index in [4.69, 9.17) is 14.2 Å². The fraction of sp³-hybridized carbons (Fsp3) is 0.632. The molecule has 1 aromatic carbocycles. The quantitative estimate of drug-likeness (QED) is 0.577. The lowest BCUT2D eigenvalue weighted by Gasteiger charge is -2.41. The monoisotopic (exact) mass is 378 g/mol. The molecule has 1 heterocycles. The van der Waals surface area contributed by atoms with Crippen molar-refractivity contribution in [2.24, 2.45) is 11.8 Å². The number of ether oxygens (including phenoxy) is 3. The zero-order chi connectivity index (χ0) is 19.6. The molecule has 148 valence electrons. The third-order valence-corrected chi connectivity index (χ3v) is 5.80. The lowest BCUT2D eigenvalue weighted by molar-refractivity contribution is -0.386. The number of hydrogen-bond donors (Lipinski definition) is 0. The van der Waals surface area contributed by atoms with Crippen molar-refractivity contribution in [1.82, 2.24) is 4.90 Å². The van der Waals surface area contributed by atoms with Crippen molar-refractivity contribution in [2.75, 3.05) is 34.4 Å². The van der Waals surface area contributed by atoms with E-state index in [9.17, 15) is 14.9 Å². The Kier molecular flexibility index (Phi) is 5.72. The van der Waals surface area contributed by atoms with Crippen LogP contribution in [0.2, 0.25) is 0 Å². The number of methoxy groups -OCH3 is 3. The summed E-state index contributed by atoms with van der Waals surface area (Å²) in [6.45, 7) is 1.27. The average Bonchev–Trinajstić information content (AvgIpc) is 2.70. The molecule has 1 saturated carbocycles. The fourth-order valence-corrected chi connectivity index (χ4v) is 4.44. The second-order valence-electron chi connectivity index (χ2n) is 7.14. The molecule has 1 aliphatic carbocycles. The van der Waals surface area contributed by atoms with Crippen LogP contribution in [0.25, 0.3) is 0 Å². The van der Waals surface area contributed by atoms with Gasteiger partial charge in [0.15, 0.2) is 5.75 Å². The van der Waals surface area contributed by atoms with Gasteiger partial charge in [-0.2, -0.15) is 0 Å². The molecule has 0 N–H and O–H groups in total. The number of hydrogen-bond acceptors (Lipinski definition) is 6. The second-order valence-corrected chi connectivity index (χ2v) is 7.14. The van der Waals surface area contributed by atoms with E-state index in [1.807, 2.05) is 0 Å². The summed E-state index contributed by atoms with van der Waals surface area (Å²) >= 11 is 0. The highest BCUT2D eigenvalue weighted by Crippen LogP contribution is 2.47. The molecule has 2 atom stereocenters. The normalized spacial score (nSPS) is 22.0. The molecular weight excluding hydrogens is 352 g/mol. The van der Waals surface area contributed by atoms with Gasteiger partial charge in [-0.05, 0) is 24.7 Å². The summed E-state index contributed by atoms with van der Waals surface area (Å²) in [6.07, 6.45) is 5.73. The Morgan fingerprint density at radius 3 is 2.33 bits per heavy atom. The van der Waals surface area contributed by atoms with E-state index in [0.29, 0.717) is 24.9 Å². The molecule has 27 heavy (non-hydrogen) atoms. The van der Waals surface area contributed by atoms with E-state index in [1.165, 1.54) is 46.7 Å². The molecule has 2 fully saturated rings. The van der Waals surface area contributed by atoms with Crippen LogP contribution in [0.15, 0.2) is 6.07 Å². The van der Waals surface area contributed by atoms with E-state index in [1.54, 1.807) is 4.90 Å². The molecule has 0 spiro atoms. The van der Waals surface area contributed by atoms with Crippen LogP contribution >= 0.6 is 0 Å². The van der Waals surface area contributed by atoms with E-state index >= 15 is 0 Å². The van der Waals surface area contributed by atoms with Gasteiger partial charge in [0.1, 0.15) is 5.56 Å². The van der Waals surface area contributed by atoms with Crippen LogP contribution in [0, 0.1) is 22.0 Å². The molecule has 0 radical (unpaired) electrons. The Hall–Kier alpha value is -2.51. The Morgan fingerprint density at radius 2 is 1.74 bits per heavy atom. The fourth-order valence-electron chi connectivity index (χ4n) is 4.44. The standard InChI is InChI=1S/C19H26N2O6/c1-25-15-10-14(16(21(23)24)18(27-3)17(15)26-2)19(22)20-9-8-12-6-4-5-7-13(12)11-20/h10,12-13H,4-9,11H2,1-3H3/t12-,13+/m0/s1. The number of likely N-dealkylation sites (tertiary alicyclic amines) is 1. The first-order valence-corrected chi connectivity index (χ1v) is 9.28. The van der Waals surface area contributed by atoms with Crippen molar-refractivity contribution >= 4 is 11.6 Å². The lowest BCUT2D eigenvalue weighted by atomic mass is 9.75. The number of piperidine rings is 1. The van der Waals surface area contributed by atoms with Gasteiger partial charge in [0.25, 0.3) is 5.91 Å². The minimum atomic E-state index is -0.596. The van der Waals surface area contributed by atoms with Crippen LogP contribution in [0.1, 0.15) is 42.5 Å². The van der Waals surface area contributed by atoms with Gasteiger partial charge in [-0.3, -0.25) is 14.9 Å². The number of rotatable bonds is 5. The van der Waals surface area contributed by atoms with Crippen LogP contribution in [0.4, 0.5) is 5.69 Å². The minimum absolute atomic E-state index is 0.0243. The molecule has 1 saturated heterocycles. The van der Waals surface area contributed by atoms with Crippen LogP contribution in [-0.2, 0) is 0 Å². The van der Waals surface area contributed by atoms with Gasteiger partial charge in [0.2, 0.25) is 11.5 Å². The summed E-state index contributed by atoms with van der Waals surface area (Å²) < 4.78 is 15.7. The van der Waals surface area contributed by atoms with Crippen molar-refractivity contribution in [2.45, 2.75) is 32.1 Å². The summed E-state index contributed by atoms with van der Waals surface area (Å²) in [5, 5.41) is 11.7. The number of benzene rings is 1. The highest BCUT2D eigenvalue weighted by molar-refractivity contribution is 6.00. The SMILES string of the molecule is COc1cc(C(=O)N2CC[C@@H]3CCCC[C@@H]3C2)c([N+](=O)[O-])c(OC)c1OC. The number of carbonyl (C=O) groups excluding carboxylic acids is 1. The maximum Gasteiger partial charge on any atom is 0.327 e. The van der Waals surface area contributed by atoms with Crippen molar-refractivity contribution in [1.29, 1.82) is 0 Å². The predicted octanol–water partition coefficient (Wildman–Crippen LogP) is 3.27. The molecule has 1 aliphatic heterocycles. The predicted molar refractivity (Wildman–Crippen MR) is 98.7 cm³/mol. The molecular formula is C19H26N2O6. The number of nitro benzene ring substituents is 1. The third-order valence-electron chi connectivity index (χ3n) is 5.80. The first-order valence-electron chi connectivity index (χ1n) is 9.28. The van der Waals surface area contributed by atoms with Crippen LogP contribution in [-0.4, -0.2) is 50.1 Å². The zero-order valence-corrected chi connectivity index (χ0v) is 16.0. The van der Waals surface area contributed by atoms with Gasteiger partial charge in [0, 0.05) is 19.2 Å². The zero-order valence-electron chi connectivity index (χ0n) is 16.0. The summed E-state index contributed by atoms with van der Waals surface area (Å²) in [4.78, 5) is 26.1. The molecule has 0 bridgehead atoms. The van der Waals surface area contributed by atoms with Gasteiger partial charge in [-0.1, -0.05) is 19.3 Å². The first-order chi connectivity index (χ1) is 13.0. The Morgan fingerprint density at radius 1 is 1.07 bits per heavy atom. The summed E-state index contributed by atoms with van der Waals surface area (Å²) in [5.74, 6) is 1.03. The highest BCUT2D eigenvalue weighted by atomic mass is 16.6. The average molecular weight is 378 g/mol. The molecule has 8 heteroatoms. The molecule has 2 aliphatic rings. The molecule has 0 unspecified atom stereocenters. The first kappa shape index (κ1) is 19.3.